The lowest BCUT2D eigenvalue weighted by Crippen LogP contribution is -2.66. The molecule has 2 aromatic rings. The quantitative estimate of drug-likeness (QED) is 0.918. The summed E-state index contributed by atoms with van der Waals surface area (Å²) in [5.74, 6) is 0.387. The molecule has 0 spiro atoms. The minimum absolute atomic E-state index is 0.0209. The number of aryl methyl sites for hydroxylation is 2. The van der Waals surface area contributed by atoms with Crippen LogP contribution >= 0.6 is 0 Å². The maximum atomic E-state index is 12.9. The third-order valence-electron chi connectivity index (χ3n) is 5.46. The van der Waals surface area contributed by atoms with Crippen LogP contribution in [-0.2, 0) is 11.8 Å². The topological polar surface area (TPSA) is 69.0 Å². The Bertz CT molecular complexity index is 795. The number of hydrogen-bond donors (Lipinski definition) is 1. The van der Waals surface area contributed by atoms with Gasteiger partial charge < -0.3 is 10.1 Å². The molecule has 6 heteroatoms. The second-order valence-corrected chi connectivity index (χ2v) is 7.33. The number of aromatic nitrogens is 3. The number of nitrogens with zero attached hydrogens (tertiary/aromatic N) is 3. The monoisotopic (exact) mass is 314 g/mol. The summed E-state index contributed by atoms with van der Waals surface area (Å²) in [6, 6.07) is 2.00. The van der Waals surface area contributed by atoms with Gasteiger partial charge >= 0.3 is 0 Å². The fourth-order valence-electron chi connectivity index (χ4n) is 4.26. The molecule has 3 heterocycles. The zero-order valence-corrected chi connectivity index (χ0v) is 14.0. The Morgan fingerprint density at radius 1 is 1.48 bits per heavy atom. The molecule has 3 atom stereocenters. The summed E-state index contributed by atoms with van der Waals surface area (Å²) in [6.45, 7) is 7.04. The molecule has 0 unspecified atom stereocenters. The summed E-state index contributed by atoms with van der Waals surface area (Å²) in [5, 5.41) is 8.27. The van der Waals surface area contributed by atoms with Crippen LogP contribution in [0.15, 0.2) is 12.3 Å². The van der Waals surface area contributed by atoms with Crippen LogP contribution in [0, 0.1) is 18.3 Å². The van der Waals surface area contributed by atoms with Crippen molar-refractivity contribution in [2.75, 3.05) is 6.61 Å². The Morgan fingerprint density at radius 3 is 3.04 bits per heavy atom. The van der Waals surface area contributed by atoms with Crippen LogP contribution < -0.4 is 5.32 Å². The maximum absolute atomic E-state index is 12.9. The third kappa shape index (κ3) is 2.01. The van der Waals surface area contributed by atoms with Gasteiger partial charge in [0.15, 0.2) is 5.65 Å². The Labute approximate surface area is 135 Å². The standard InChI is InChI=1S/C17H22N4O2/c1-9-7-11(12-8-18-21(4)15(12)19-9)16(22)20-13-10-5-6-23-14(10)17(13,2)3/h7-8,10,13-14H,5-6H2,1-4H3,(H,20,22)/t10-,13-,14-/m1/s1. The van der Waals surface area contributed by atoms with E-state index in [4.69, 9.17) is 4.74 Å². The predicted molar refractivity (Wildman–Crippen MR) is 86.1 cm³/mol. The van der Waals surface area contributed by atoms with E-state index in [-0.39, 0.29) is 23.5 Å². The smallest absolute Gasteiger partial charge is 0.252 e. The summed E-state index contributed by atoms with van der Waals surface area (Å²) in [6.07, 6.45) is 3.01. The molecule has 1 aliphatic heterocycles. The number of ether oxygens (including phenoxy) is 1. The molecule has 0 aromatic carbocycles. The fourth-order valence-corrected chi connectivity index (χ4v) is 4.26. The van der Waals surface area contributed by atoms with Crippen molar-refractivity contribution in [3.63, 3.8) is 0 Å². The number of pyridine rings is 1. The summed E-state index contributed by atoms with van der Waals surface area (Å²) in [7, 11) is 1.84. The van der Waals surface area contributed by atoms with Crippen LogP contribution in [0.25, 0.3) is 11.0 Å². The molecule has 2 fully saturated rings. The maximum Gasteiger partial charge on any atom is 0.252 e. The lowest BCUT2D eigenvalue weighted by Gasteiger charge is -2.54. The number of carbonyl (C=O) groups excluding carboxylic acids is 1. The molecule has 4 rings (SSSR count). The van der Waals surface area contributed by atoms with Gasteiger partial charge in [0.2, 0.25) is 0 Å². The lowest BCUT2D eigenvalue weighted by atomic mass is 9.57. The zero-order chi connectivity index (χ0) is 16.4. The van der Waals surface area contributed by atoms with Crippen LogP contribution in [0.1, 0.15) is 36.3 Å². The molecule has 122 valence electrons. The van der Waals surface area contributed by atoms with Gasteiger partial charge in [-0.25, -0.2) is 4.98 Å². The van der Waals surface area contributed by atoms with Crippen molar-refractivity contribution in [2.45, 2.75) is 39.3 Å². The number of hydrogen-bond acceptors (Lipinski definition) is 4. The Balaban J connectivity index is 1.65. The molecule has 1 aliphatic carbocycles. The highest BCUT2D eigenvalue weighted by Gasteiger charge is 2.59. The van der Waals surface area contributed by atoms with Crippen molar-refractivity contribution in [1.82, 2.24) is 20.1 Å². The van der Waals surface area contributed by atoms with Crippen LogP contribution in [0.5, 0.6) is 0 Å². The Hall–Kier alpha value is -1.95. The van der Waals surface area contributed by atoms with E-state index in [1.54, 1.807) is 10.9 Å². The van der Waals surface area contributed by atoms with Crippen LogP contribution in [0.3, 0.4) is 0 Å². The molecule has 2 aromatic heterocycles. The van der Waals surface area contributed by atoms with Gasteiger partial charge in [-0.05, 0) is 19.4 Å². The zero-order valence-electron chi connectivity index (χ0n) is 14.0. The normalized spacial score (nSPS) is 28.4. The second kappa shape index (κ2) is 4.77. The number of rotatable bonds is 2. The first-order chi connectivity index (χ1) is 10.9. The summed E-state index contributed by atoms with van der Waals surface area (Å²) in [4.78, 5) is 17.4. The molecule has 1 amide bonds. The molecule has 6 nitrogen and oxygen atoms in total. The minimum atomic E-state index is -0.0445. The van der Waals surface area contributed by atoms with Gasteiger partial charge in [-0.2, -0.15) is 5.10 Å². The summed E-state index contributed by atoms with van der Waals surface area (Å²) < 4.78 is 7.50. The van der Waals surface area contributed by atoms with E-state index in [1.165, 1.54) is 0 Å². The molecule has 23 heavy (non-hydrogen) atoms. The van der Waals surface area contributed by atoms with E-state index in [9.17, 15) is 4.79 Å². The largest absolute Gasteiger partial charge is 0.377 e. The van der Waals surface area contributed by atoms with Gasteiger partial charge in [0, 0.05) is 36.7 Å². The number of carbonyl (C=O) groups is 1. The van der Waals surface area contributed by atoms with E-state index in [2.05, 4.69) is 29.2 Å². The van der Waals surface area contributed by atoms with Gasteiger partial charge in [0.05, 0.1) is 23.3 Å². The van der Waals surface area contributed by atoms with Crippen molar-refractivity contribution in [2.24, 2.45) is 18.4 Å². The highest BCUT2D eigenvalue weighted by molar-refractivity contribution is 6.05. The Kier molecular flexibility index (Phi) is 3.04. The summed E-state index contributed by atoms with van der Waals surface area (Å²) in [5.41, 5.74) is 2.19. The Morgan fingerprint density at radius 2 is 2.26 bits per heavy atom. The highest BCUT2D eigenvalue weighted by atomic mass is 16.5. The van der Waals surface area contributed by atoms with E-state index in [1.807, 2.05) is 20.0 Å². The first-order valence-electron chi connectivity index (χ1n) is 8.11. The third-order valence-corrected chi connectivity index (χ3v) is 5.46. The van der Waals surface area contributed by atoms with Crippen LogP contribution in [-0.4, -0.2) is 39.4 Å². The van der Waals surface area contributed by atoms with Crippen molar-refractivity contribution < 1.29 is 9.53 Å². The SMILES string of the molecule is Cc1cc(C(=O)N[C@@H]2[C@H]3CCO[C@H]3C2(C)C)c2cnn(C)c2n1. The number of nitrogens with one attached hydrogen (secondary N) is 1. The lowest BCUT2D eigenvalue weighted by molar-refractivity contribution is -0.108. The molecular formula is C17H22N4O2. The molecule has 0 bridgehead atoms. The molecular weight excluding hydrogens is 292 g/mol. The van der Waals surface area contributed by atoms with Crippen molar-refractivity contribution in [3.8, 4) is 0 Å². The van der Waals surface area contributed by atoms with Crippen LogP contribution in [0.4, 0.5) is 0 Å². The second-order valence-electron chi connectivity index (χ2n) is 7.33. The summed E-state index contributed by atoms with van der Waals surface area (Å²) >= 11 is 0. The molecule has 2 aliphatic rings. The first-order valence-corrected chi connectivity index (χ1v) is 8.11. The molecule has 1 saturated heterocycles. The molecule has 1 saturated carbocycles. The molecule has 1 N–H and O–H groups in total. The number of fused-ring (bicyclic) bond motifs is 2. The first kappa shape index (κ1) is 14.6. The average molecular weight is 314 g/mol. The van der Waals surface area contributed by atoms with Crippen molar-refractivity contribution >= 4 is 16.9 Å². The van der Waals surface area contributed by atoms with Gasteiger partial charge in [-0.1, -0.05) is 13.8 Å². The van der Waals surface area contributed by atoms with Crippen molar-refractivity contribution in [3.05, 3.63) is 23.5 Å². The number of amides is 1. The van der Waals surface area contributed by atoms with E-state index in [0.717, 1.165) is 29.8 Å². The highest BCUT2D eigenvalue weighted by Crippen LogP contribution is 2.52. The van der Waals surface area contributed by atoms with Gasteiger partial charge in [0.1, 0.15) is 0 Å². The predicted octanol–water partition coefficient (Wildman–Crippen LogP) is 1.82. The molecule has 0 radical (unpaired) electrons. The van der Waals surface area contributed by atoms with E-state index >= 15 is 0 Å². The van der Waals surface area contributed by atoms with Crippen molar-refractivity contribution in [1.29, 1.82) is 0 Å². The van der Waals surface area contributed by atoms with Gasteiger partial charge in [0.25, 0.3) is 5.91 Å². The average Bonchev–Trinajstić information content (AvgIpc) is 3.10. The minimum Gasteiger partial charge on any atom is -0.377 e. The van der Waals surface area contributed by atoms with Crippen LogP contribution in [0.2, 0.25) is 0 Å². The van der Waals surface area contributed by atoms with E-state index < -0.39 is 0 Å². The van der Waals surface area contributed by atoms with Gasteiger partial charge in [-0.15, -0.1) is 0 Å². The fraction of sp³-hybridized carbons (Fsp3) is 0.588. The van der Waals surface area contributed by atoms with Gasteiger partial charge in [-0.3, -0.25) is 9.48 Å². The van der Waals surface area contributed by atoms with E-state index in [0.29, 0.717) is 11.5 Å².